The Morgan fingerprint density at radius 3 is 2.37 bits per heavy atom. The molecule has 0 radical (unpaired) electrons. The molecule has 0 spiro atoms. The summed E-state index contributed by atoms with van der Waals surface area (Å²) in [4.78, 5) is 18.3. The minimum atomic E-state index is 0. The first-order valence-corrected chi connectivity index (χ1v) is 11.5. The number of likely N-dealkylation sites (tertiary alicyclic amines) is 1. The van der Waals surface area contributed by atoms with E-state index in [4.69, 9.17) is 5.73 Å². The highest BCUT2D eigenvalue weighted by atomic mass is 35.5. The maximum Gasteiger partial charge on any atom is 0.225 e. The van der Waals surface area contributed by atoms with Crippen LogP contribution < -0.4 is 5.73 Å². The van der Waals surface area contributed by atoms with Gasteiger partial charge >= 0.3 is 0 Å². The number of halogens is 2. The van der Waals surface area contributed by atoms with Crippen molar-refractivity contribution in [2.75, 3.05) is 19.6 Å². The minimum Gasteiger partial charge on any atom is -0.342 e. The molecule has 4 atom stereocenters. The molecule has 3 aliphatic heterocycles. The van der Waals surface area contributed by atoms with Crippen molar-refractivity contribution < 1.29 is 4.79 Å². The van der Waals surface area contributed by atoms with Gasteiger partial charge in [0.25, 0.3) is 0 Å². The Kier molecular flexibility index (Phi) is 8.11. The maximum absolute atomic E-state index is 13.2. The summed E-state index contributed by atoms with van der Waals surface area (Å²) in [5, 5.41) is 0. The first-order chi connectivity index (χ1) is 13.7. The van der Waals surface area contributed by atoms with Gasteiger partial charge in [-0.2, -0.15) is 0 Å². The highest BCUT2D eigenvalue weighted by Crippen LogP contribution is 2.44. The number of amides is 1. The van der Waals surface area contributed by atoms with Crippen LogP contribution in [0.5, 0.6) is 0 Å². The van der Waals surface area contributed by atoms with E-state index in [0.717, 1.165) is 38.8 Å². The second-order valence-corrected chi connectivity index (χ2v) is 9.84. The second-order valence-electron chi connectivity index (χ2n) is 9.84. The summed E-state index contributed by atoms with van der Waals surface area (Å²) in [6.07, 6.45) is 9.26. The Morgan fingerprint density at radius 1 is 0.900 bits per heavy atom. The number of carbonyl (C=O) groups is 1. The van der Waals surface area contributed by atoms with Crippen LogP contribution in [-0.4, -0.2) is 47.4 Å². The van der Waals surface area contributed by atoms with E-state index in [-0.39, 0.29) is 30.7 Å². The molecule has 0 aromatic heterocycles. The number of rotatable bonds is 2. The molecule has 168 valence electrons. The predicted octanol–water partition coefficient (Wildman–Crippen LogP) is 4.42. The summed E-state index contributed by atoms with van der Waals surface area (Å²) in [7, 11) is 0. The van der Waals surface area contributed by atoms with Crippen LogP contribution in [0.2, 0.25) is 0 Å². The van der Waals surface area contributed by atoms with Gasteiger partial charge in [-0.25, -0.2) is 0 Å². The second kappa shape index (κ2) is 10.2. The van der Waals surface area contributed by atoms with Crippen molar-refractivity contribution in [1.82, 2.24) is 9.80 Å². The highest BCUT2D eigenvalue weighted by molar-refractivity contribution is 5.85. The number of nitrogens with zero attached hydrogens (tertiary/aromatic N) is 2. The van der Waals surface area contributed by atoms with Gasteiger partial charge in [0.05, 0.1) is 0 Å². The molecule has 1 saturated carbocycles. The number of piperidine rings is 3. The Hall–Kier alpha value is -0.810. The van der Waals surface area contributed by atoms with Crippen molar-refractivity contribution in [3.63, 3.8) is 0 Å². The number of carbonyl (C=O) groups excluding carboxylic acids is 1. The lowest BCUT2D eigenvalue weighted by molar-refractivity contribution is -0.144. The molecule has 0 unspecified atom stereocenters. The van der Waals surface area contributed by atoms with Crippen molar-refractivity contribution in [2.45, 2.75) is 69.5 Å². The fourth-order valence-electron chi connectivity index (χ4n) is 6.65. The van der Waals surface area contributed by atoms with E-state index in [0.29, 0.717) is 35.9 Å². The van der Waals surface area contributed by atoms with Crippen molar-refractivity contribution in [3.8, 4) is 0 Å². The third-order valence-corrected chi connectivity index (χ3v) is 8.00. The van der Waals surface area contributed by atoms with E-state index < -0.39 is 0 Å². The zero-order valence-corrected chi connectivity index (χ0v) is 19.5. The van der Waals surface area contributed by atoms with Crippen molar-refractivity contribution >= 4 is 30.7 Å². The summed E-state index contributed by atoms with van der Waals surface area (Å²) >= 11 is 0. The maximum atomic E-state index is 13.2. The summed E-state index contributed by atoms with van der Waals surface area (Å²) in [6.45, 7) is 3.13. The van der Waals surface area contributed by atoms with Crippen LogP contribution in [0, 0.1) is 17.8 Å². The van der Waals surface area contributed by atoms with Gasteiger partial charge in [0.15, 0.2) is 0 Å². The molecule has 2 bridgehead atoms. The number of hydrogen-bond acceptors (Lipinski definition) is 3. The molecule has 3 saturated heterocycles. The lowest BCUT2D eigenvalue weighted by Crippen LogP contribution is -2.61. The van der Waals surface area contributed by atoms with Crippen LogP contribution >= 0.6 is 24.8 Å². The van der Waals surface area contributed by atoms with Crippen molar-refractivity contribution in [2.24, 2.45) is 23.5 Å². The van der Waals surface area contributed by atoms with Gasteiger partial charge in [0.1, 0.15) is 0 Å². The Labute approximate surface area is 193 Å². The molecule has 1 aliphatic carbocycles. The quantitative estimate of drug-likeness (QED) is 0.720. The Balaban J connectivity index is 0.00000128. The van der Waals surface area contributed by atoms with Crippen LogP contribution in [0.4, 0.5) is 0 Å². The first kappa shape index (κ1) is 23.8. The molecule has 1 amide bonds. The first-order valence-electron chi connectivity index (χ1n) is 11.5. The van der Waals surface area contributed by atoms with E-state index in [1.54, 1.807) is 0 Å². The largest absolute Gasteiger partial charge is 0.342 e. The zero-order valence-electron chi connectivity index (χ0n) is 17.8. The smallest absolute Gasteiger partial charge is 0.225 e. The summed E-state index contributed by atoms with van der Waals surface area (Å²) in [5.74, 6) is 1.98. The molecular weight excluding hydrogens is 417 g/mol. The van der Waals surface area contributed by atoms with Gasteiger partial charge in [0, 0.05) is 43.7 Å². The third-order valence-electron chi connectivity index (χ3n) is 8.00. The summed E-state index contributed by atoms with van der Waals surface area (Å²) in [5.41, 5.74) is 7.54. The van der Waals surface area contributed by atoms with E-state index in [1.807, 2.05) is 0 Å². The van der Waals surface area contributed by atoms with Crippen molar-refractivity contribution in [1.29, 1.82) is 0 Å². The molecule has 6 heteroatoms. The molecule has 5 rings (SSSR count). The number of benzene rings is 1. The number of hydrogen-bond donors (Lipinski definition) is 1. The summed E-state index contributed by atoms with van der Waals surface area (Å²) in [6, 6.07) is 12.6. The molecule has 30 heavy (non-hydrogen) atoms. The minimum absolute atomic E-state index is 0. The van der Waals surface area contributed by atoms with Crippen LogP contribution in [0.15, 0.2) is 30.3 Å². The molecular formula is C24H37Cl2N3O. The average Bonchev–Trinajstić information content (AvgIpc) is 2.74. The fraction of sp³-hybridized carbons (Fsp3) is 0.708. The normalized spacial score (nSPS) is 36.1. The molecule has 4 nitrogen and oxygen atoms in total. The average molecular weight is 454 g/mol. The van der Waals surface area contributed by atoms with Crippen LogP contribution in [-0.2, 0) is 4.79 Å². The third kappa shape index (κ3) is 4.67. The topological polar surface area (TPSA) is 49.6 Å². The van der Waals surface area contributed by atoms with Crippen LogP contribution in [0.1, 0.15) is 63.0 Å². The lowest BCUT2D eigenvalue weighted by atomic mass is 9.73. The lowest BCUT2D eigenvalue weighted by Gasteiger charge is -2.55. The fourth-order valence-corrected chi connectivity index (χ4v) is 6.65. The zero-order chi connectivity index (χ0) is 19.1. The number of fused-ring (bicyclic) bond motifs is 4. The molecule has 3 heterocycles. The highest BCUT2D eigenvalue weighted by Gasteiger charge is 2.46. The standard InChI is InChI=1S/C24H35N3O.2ClH/c25-21-11-9-19(10-12-21)24(28)26-14-17-13-20(16-26)23-8-4-7-22(27(23)15-17)18-5-2-1-3-6-18;;/h1-3,5-6,17,19-23H,4,7-16,25H2;2*1H/t17-,19?,20+,21?,22+,23-;;/m0../s1. The molecule has 4 fully saturated rings. The van der Waals surface area contributed by atoms with E-state index >= 15 is 0 Å². The SMILES string of the molecule is Cl.Cl.NC1CCC(C(=O)N2C[C@@H]3C[C@H](C2)[C@@H]2CCC[C@H](c4ccccc4)N2C3)CC1. The van der Waals surface area contributed by atoms with E-state index in [9.17, 15) is 4.79 Å². The number of nitrogens with two attached hydrogens (primary N) is 1. The van der Waals surface area contributed by atoms with Gasteiger partial charge in [-0.3, -0.25) is 9.69 Å². The molecule has 4 aliphatic rings. The monoisotopic (exact) mass is 453 g/mol. The van der Waals surface area contributed by atoms with Gasteiger partial charge in [-0.1, -0.05) is 30.3 Å². The Morgan fingerprint density at radius 2 is 1.63 bits per heavy atom. The van der Waals surface area contributed by atoms with Crippen molar-refractivity contribution in [3.05, 3.63) is 35.9 Å². The van der Waals surface area contributed by atoms with Gasteiger partial charge in [-0.15, -0.1) is 24.8 Å². The van der Waals surface area contributed by atoms with E-state index in [1.165, 1.54) is 37.8 Å². The van der Waals surface area contributed by atoms with Crippen LogP contribution in [0.3, 0.4) is 0 Å². The van der Waals surface area contributed by atoms with E-state index in [2.05, 4.69) is 40.1 Å². The van der Waals surface area contributed by atoms with Gasteiger partial charge < -0.3 is 10.6 Å². The molecule has 1 aromatic carbocycles. The van der Waals surface area contributed by atoms with Crippen LogP contribution in [0.25, 0.3) is 0 Å². The predicted molar refractivity (Wildman–Crippen MR) is 126 cm³/mol. The molecule has 1 aromatic rings. The molecule has 2 N–H and O–H groups in total. The summed E-state index contributed by atoms with van der Waals surface area (Å²) < 4.78 is 0. The van der Waals surface area contributed by atoms with Gasteiger partial charge in [0.2, 0.25) is 5.91 Å². The van der Waals surface area contributed by atoms with Gasteiger partial charge in [-0.05, 0) is 68.8 Å². The Bertz CT molecular complexity index is 695.